The molecule has 158 valence electrons. The number of nitrogens with two attached hydrogens (primary N) is 1. The molecule has 4 amide bonds. The van der Waals surface area contributed by atoms with E-state index in [2.05, 4.69) is 20.7 Å². The van der Waals surface area contributed by atoms with Crippen LogP contribution < -0.4 is 26.2 Å². The van der Waals surface area contributed by atoms with Gasteiger partial charge in [0.05, 0.1) is 24.2 Å². The molecule has 4 N–H and O–H groups in total. The third-order valence-electron chi connectivity index (χ3n) is 5.19. The number of amides is 4. The fourth-order valence-corrected chi connectivity index (χ4v) is 3.56. The summed E-state index contributed by atoms with van der Waals surface area (Å²) < 4.78 is 1.54. The molecule has 2 aliphatic rings. The van der Waals surface area contributed by atoms with Gasteiger partial charge >= 0.3 is 6.03 Å². The summed E-state index contributed by atoms with van der Waals surface area (Å²) in [5.74, 6) is 0.248. The molecule has 0 bridgehead atoms. The molecule has 0 unspecified atom stereocenters. The Hall–Kier alpha value is -3.47. The van der Waals surface area contributed by atoms with Crippen LogP contribution in [0, 0.1) is 5.41 Å². The van der Waals surface area contributed by atoms with E-state index in [1.165, 1.54) is 9.58 Å². The number of carbonyl (C=O) groups excluding carboxylic acids is 3. The maximum Gasteiger partial charge on any atom is 0.323 e. The number of nitrogens with zero attached hydrogens (tertiary/aromatic N) is 5. The molecule has 0 spiro atoms. The van der Waals surface area contributed by atoms with Crippen molar-refractivity contribution >= 4 is 35.2 Å². The van der Waals surface area contributed by atoms with Crippen LogP contribution in [0.3, 0.4) is 0 Å². The van der Waals surface area contributed by atoms with E-state index in [4.69, 9.17) is 5.73 Å². The van der Waals surface area contributed by atoms with Crippen LogP contribution in [-0.4, -0.2) is 58.3 Å². The minimum absolute atomic E-state index is 0.0497. The molecule has 0 aromatic carbocycles. The second-order valence-electron chi connectivity index (χ2n) is 8.14. The molecule has 4 rings (SSSR count). The van der Waals surface area contributed by atoms with E-state index in [1.807, 2.05) is 13.8 Å². The number of hydrogen-bond donors (Lipinski definition) is 3. The van der Waals surface area contributed by atoms with E-state index in [1.54, 1.807) is 36.3 Å². The Bertz CT molecular complexity index is 1030. The molecule has 30 heavy (non-hydrogen) atoms. The number of anilines is 3. The number of nitrogens with one attached hydrogen (secondary N) is 2. The van der Waals surface area contributed by atoms with Crippen molar-refractivity contribution in [3.05, 3.63) is 30.1 Å². The monoisotopic (exact) mass is 412 g/mol. The molecule has 0 aliphatic carbocycles. The number of urea groups is 1. The first-order chi connectivity index (χ1) is 14.2. The largest absolute Gasteiger partial charge is 0.332 e. The Labute approximate surface area is 173 Å². The van der Waals surface area contributed by atoms with E-state index in [0.29, 0.717) is 37.0 Å². The zero-order chi connectivity index (χ0) is 21.6. The molecule has 11 nitrogen and oxygen atoms in total. The quantitative estimate of drug-likeness (QED) is 0.604. The Morgan fingerprint density at radius 3 is 2.73 bits per heavy atom. The zero-order valence-electron chi connectivity index (χ0n) is 17.0. The van der Waals surface area contributed by atoms with Gasteiger partial charge in [-0.25, -0.2) is 9.78 Å². The fourth-order valence-electron chi connectivity index (χ4n) is 3.56. The third kappa shape index (κ3) is 3.36. The topological polar surface area (TPSA) is 138 Å². The molecule has 0 radical (unpaired) electrons. The lowest BCUT2D eigenvalue weighted by atomic mass is 9.83. The third-order valence-corrected chi connectivity index (χ3v) is 5.19. The Kier molecular flexibility index (Phi) is 4.69. The average Bonchev–Trinajstić information content (AvgIpc) is 3.27. The summed E-state index contributed by atoms with van der Waals surface area (Å²) in [6, 6.07) is 4.41. The van der Waals surface area contributed by atoms with Crippen LogP contribution in [0.5, 0.6) is 0 Å². The molecule has 0 saturated carbocycles. The Morgan fingerprint density at radius 1 is 1.33 bits per heavy atom. The number of aryl methyl sites for hydroxylation is 1. The van der Waals surface area contributed by atoms with Crippen LogP contribution in [0.25, 0.3) is 0 Å². The van der Waals surface area contributed by atoms with Gasteiger partial charge < -0.3 is 16.4 Å². The number of hydrogen-bond acceptors (Lipinski definition) is 6. The molecular formula is C19H24N8O3. The second kappa shape index (κ2) is 7.10. The van der Waals surface area contributed by atoms with Crippen molar-refractivity contribution in [1.82, 2.24) is 20.1 Å². The average molecular weight is 412 g/mol. The van der Waals surface area contributed by atoms with Crippen LogP contribution in [-0.2, 0) is 11.8 Å². The summed E-state index contributed by atoms with van der Waals surface area (Å²) >= 11 is 0. The first kappa shape index (κ1) is 19.8. The summed E-state index contributed by atoms with van der Waals surface area (Å²) in [4.78, 5) is 44.7. The van der Waals surface area contributed by atoms with Gasteiger partial charge in [0.15, 0.2) is 5.82 Å². The van der Waals surface area contributed by atoms with Crippen LogP contribution in [0.15, 0.2) is 24.4 Å². The van der Waals surface area contributed by atoms with Crippen LogP contribution in [0.1, 0.15) is 24.3 Å². The molecule has 2 aromatic rings. The van der Waals surface area contributed by atoms with Gasteiger partial charge in [0.2, 0.25) is 5.91 Å². The zero-order valence-corrected chi connectivity index (χ0v) is 17.0. The Balaban J connectivity index is 1.53. The highest BCUT2D eigenvalue weighted by atomic mass is 16.2. The predicted octanol–water partition coefficient (Wildman–Crippen LogP) is 0.297. The van der Waals surface area contributed by atoms with Crippen molar-refractivity contribution in [2.24, 2.45) is 18.2 Å². The standard InChI is InChI=1S/C19H24N8O3/c1-19(2)10-27(17(19)29)15-13(9-25(3)24-15)23-16(28)12-5-4-6-14(22-12)26-8-11(7-20)21-18(26)30/h4-6,9,11H,7-8,10,20H2,1-3H3,(H,21,30)(H,23,28)/t11-/m1/s1. The Morgan fingerprint density at radius 2 is 2.10 bits per heavy atom. The number of β-lactam (4-membered cyclic amide) rings is 1. The lowest BCUT2D eigenvalue weighted by Gasteiger charge is -2.43. The summed E-state index contributed by atoms with van der Waals surface area (Å²) in [5.41, 5.74) is 5.74. The summed E-state index contributed by atoms with van der Waals surface area (Å²) in [6.07, 6.45) is 1.63. The van der Waals surface area contributed by atoms with Crippen LogP contribution in [0.4, 0.5) is 22.1 Å². The number of pyridine rings is 1. The van der Waals surface area contributed by atoms with Crippen molar-refractivity contribution in [3.63, 3.8) is 0 Å². The number of carbonyl (C=O) groups is 3. The summed E-state index contributed by atoms with van der Waals surface area (Å²) in [6.45, 7) is 4.95. The van der Waals surface area contributed by atoms with Gasteiger partial charge in [-0.2, -0.15) is 5.10 Å². The molecule has 2 saturated heterocycles. The lowest BCUT2D eigenvalue weighted by molar-refractivity contribution is -0.132. The smallest absolute Gasteiger partial charge is 0.323 e. The van der Waals surface area contributed by atoms with Gasteiger partial charge in [-0.3, -0.25) is 24.1 Å². The van der Waals surface area contributed by atoms with Gasteiger partial charge in [-0.1, -0.05) is 6.07 Å². The lowest BCUT2D eigenvalue weighted by Crippen LogP contribution is -2.59. The minimum atomic E-state index is -0.465. The molecular weight excluding hydrogens is 388 g/mol. The second-order valence-corrected chi connectivity index (χ2v) is 8.14. The van der Waals surface area contributed by atoms with Gasteiger partial charge in [0.25, 0.3) is 5.91 Å². The van der Waals surface area contributed by atoms with Crippen molar-refractivity contribution in [2.45, 2.75) is 19.9 Å². The van der Waals surface area contributed by atoms with E-state index in [9.17, 15) is 14.4 Å². The van der Waals surface area contributed by atoms with E-state index in [-0.39, 0.29) is 23.7 Å². The van der Waals surface area contributed by atoms with E-state index in [0.717, 1.165) is 0 Å². The van der Waals surface area contributed by atoms with Gasteiger partial charge in [0, 0.05) is 20.1 Å². The number of aromatic nitrogens is 3. The predicted molar refractivity (Wildman–Crippen MR) is 110 cm³/mol. The summed E-state index contributed by atoms with van der Waals surface area (Å²) in [5, 5.41) is 9.85. The minimum Gasteiger partial charge on any atom is -0.332 e. The van der Waals surface area contributed by atoms with Crippen molar-refractivity contribution in [2.75, 3.05) is 34.8 Å². The first-order valence-electron chi connectivity index (χ1n) is 9.62. The molecule has 1 atom stereocenters. The van der Waals surface area contributed by atoms with Gasteiger partial charge in [0.1, 0.15) is 17.2 Å². The van der Waals surface area contributed by atoms with Crippen LogP contribution >= 0.6 is 0 Å². The SMILES string of the molecule is Cn1cc(NC(=O)c2cccc(N3C[C@@H](CN)NC3=O)n2)c(N2CC(C)(C)C2=O)n1. The fraction of sp³-hybridized carbons (Fsp3) is 0.421. The highest BCUT2D eigenvalue weighted by Crippen LogP contribution is 2.37. The molecule has 4 heterocycles. The van der Waals surface area contributed by atoms with Crippen molar-refractivity contribution < 1.29 is 14.4 Å². The molecule has 11 heteroatoms. The van der Waals surface area contributed by atoms with Gasteiger partial charge in [-0.15, -0.1) is 0 Å². The van der Waals surface area contributed by atoms with Crippen molar-refractivity contribution in [3.8, 4) is 0 Å². The molecule has 2 fully saturated rings. The maximum absolute atomic E-state index is 12.8. The van der Waals surface area contributed by atoms with Crippen LogP contribution in [0.2, 0.25) is 0 Å². The highest BCUT2D eigenvalue weighted by molar-refractivity contribution is 6.09. The maximum atomic E-state index is 12.8. The van der Waals surface area contributed by atoms with Crippen molar-refractivity contribution in [1.29, 1.82) is 0 Å². The molecule has 2 aliphatic heterocycles. The summed E-state index contributed by atoms with van der Waals surface area (Å²) in [7, 11) is 1.72. The molecule has 2 aromatic heterocycles. The normalized spacial score (nSPS) is 20.2. The first-order valence-corrected chi connectivity index (χ1v) is 9.62. The highest BCUT2D eigenvalue weighted by Gasteiger charge is 2.46. The van der Waals surface area contributed by atoms with E-state index < -0.39 is 11.3 Å². The van der Waals surface area contributed by atoms with Gasteiger partial charge in [-0.05, 0) is 26.0 Å². The number of rotatable bonds is 5. The van der Waals surface area contributed by atoms with E-state index >= 15 is 0 Å².